The number of carbonyl (C=O) groups excluding carboxylic acids is 2. The van der Waals surface area contributed by atoms with Crippen molar-refractivity contribution in [2.75, 3.05) is 6.26 Å². The van der Waals surface area contributed by atoms with E-state index >= 15 is 0 Å². The van der Waals surface area contributed by atoms with E-state index in [0.717, 1.165) is 11.8 Å². The predicted octanol–water partition coefficient (Wildman–Crippen LogP) is 2.99. The van der Waals surface area contributed by atoms with Gasteiger partial charge in [0.05, 0.1) is 12.7 Å². The number of phenols is 1. The molecule has 7 heteroatoms. The molecule has 6 nitrogen and oxygen atoms in total. The van der Waals surface area contributed by atoms with Gasteiger partial charge >= 0.3 is 10.1 Å². The maximum absolute atomic E-state index is 11.9. The molecule has 0 fully saturated rings. The van der Waals surface area contributed by atoms with E-state index in [1.54, 1.807) is 36.4 Å². The second-order valence-electron chi connectivity index (χ2n) is 5.69. The number of para-hydroxylation sites is 1. The Bertz CT molecular complexity index is 985. The molecule has 1 N–H and O–H groups in total. The molecular weight excluding hydrogens is 368 g/mol. The van der Waals surface area contributed by atoms with Crippen molar-refractivity contribution in [2.24, 2.45) is 0 Å². The molecule has 0 spiro atoms. The van der Waals surface area contributed by atoms with Crippen LogP contribution in [0.25, 0.3) is 12.2 Å². The van der Waals surface area contributed by atoms with Crippen LogP contribution in [-0.4, -0.2) is 31.3 Å². The quantitative estimate of drug-likeness (QED) is 0.425. The highest BCUT2D eigenvalue weighted by molar-refractivity contribution is 7.86. The van der Waals surface area contributed by atoms with E-state index in [9.17, 15) is 23.1 Å². The lowest BCUT2D eigenvalue weighted by atomic mass is 10.1. The molecule has 0 heterocycles. The first kappa shape index (κ1) is 20.1. The number of phenolic OH excluding ortho intramolecular Hbond substituents is 1. The Morgan fingerprint density at radius 3 is 2.19 bits per heavy atom. The van der Waals surface area contributed by atoms with Crippen LogP contribution in [0.15, 0.2) is 60.7 Å². The van der Waals surface area contributed by atoms with E-state index in [1.807, 2.05) is 0 Å². The second kappa shape index (κ2) is 8.95. The Hall–Kier alpha value is -3.19. The summed E-state index contributed by atoms with van der Waals surface area (Å²) in [6.45, 7) is 0. The Kier molecular flexibility index (Phi) is 6.67. The SMILES string of the molecule is CS(=O)(=O)Oc1ccccc1C=CC(=O)CC(=O)C=Cc1ccc(O)cc1. The lowest BCUT2D eigenvalue weighted by Gasteiger charge is -2.05. The monoisotopic (exact) mass is 386 g/mol. The maximum Gasteiger partial charge on any atom is 0.306 e. The molecule has 0 unspecified atom stereocenters. The molecule has 2 aromatic rings. The Morgan fingerprint density at radius 1 is 0.963 bits per heavy atom. The van der Waals surface area contributed by atoms with Crippen LogP contribution >= 0.6 is 0 Å². The van der Waals surface area contributed by atoms with Gasteiger partial charge in [0.1, 0.15) is 11.5 Å². The summed E-state index contributed by atoms with van der Waals surface area (Å²) in [7, 11) is -3.69. The zero-order valence-corrected chi connectivity index (χ0v) is 15.3. The first-order valence-electron chi connectivity index (χ1n) is 7.92. The summed E-state index contributed by atoms with van der Waals surface area (Å²) < 4.78 is 27.4. The van der Waals surface area contributed by atoms with Gasteiger partial charge in [-0.2, -0.15) is 8.42 Å². The summed E-state index contributed by atoms with van der Waals surface area (Å²) in [4.78, 5) is 23.8. The topological polar surface area (TPSA) is 97.7 Å². The molecular formula is C20H18O6S. The standard InChI is InChI=1S/C20H18O6S/c1-27(24,25)26-20-5-3-2-4-16(20)9-13-19(23)14-18(22)12-8-15-6-10-17(21)11-7-15/h2-13,21H,14H2,1H3. The summed E-state index contributed by atoms with van der Waals surface area (Å²) >= 11 is 0. The zero-order valence-electron chi connectivity index (χ0n) is 14.5. The molecule has 0 atom stereocenters. The number of aromatic hydroxyl groups is 1. The summed E-state index contributed by atoms with van der Waals surface area (Å²) in [5, 5.41) is 9.20. The average molecular weight is 386 g/mol. The van der Waals surface area contributed by atoms with Crippen LogP contribution in [-0.2, 0) is 19.7 Å². The molecule has 0 saturated heterocycles. The van der Waals surface area contributed by atoms with Crippen molar-refractivity contribution in [1.29, 1.82) is 0 Å². The van der Waals surface area contributed by atoms with Crippen molar-refractivity contribution >= 4 is 33.8 Å². The Balaban J connectivity index is 1.99. The summed E-state index contributed by atoms with van der Waals surface area (Å²) in [6, 6.07) is 12.6. The Labute approximate surface area is 157 Å². The second-order valence-corrected chi connectivity index (χ2v) is 7.27. The van der Waals surface area contributed by atoms with Crippen LogP contribution in [0.3, 0.4) is 0 Å². The summed E-state index contributed by atoms with van der Waals surface area (Å²) in [5.74, 6) is -0.579. The third-order valence-electron chi connectivity index (χ3n) is 3.31. The highest BCUT2D eigenvalue weighted by Crippen LogP contribution is 2.21. The van der Waals surface area contributed by atoms with Gasteiger partial charge in [-0.15, -0.1) is 0 Å². The van der Waals surface area contributed by atoms with Gasteiger partial charge in [-0.25, -0.2) is 0 Å². The molecule has 0 aliphatic carbocycles. The molecule has 2 aromatic carbocycles. The molecule has 27 heavy (non-hydrogen) atoms. The van der Waals surface area contributed by atoms with Gasteiger partial charge in [-0.1, -0.05) is 36.4 Å². The van der Waals surface area contributed by atoms with Crippen molar-refractivity contribution in [1.82, 2.24) is 0 Å². The van der Waals surface area contributed by atoms with Crippen LogP contribution in [0, 0.1) is 0 Å². The average Bonchev–Trinajstić information content (AvgIpc) is 2.59. The molecule has 0 aliphatic heterocycles. The molecule has 2 rings (SSSR count). The van der Waals surface area contributed by atoms with Gasteiger partial charge in [-0.05, 0) is 42.0 Å². The highest BCUT2D eigenvalue weighted by Gasteiger charge is 2.08. The van der Waals surface area contributed by atoms with Crippen molar-refractivity contribution in [3.05, 3.63) is 71.8 Å². The number of hydrogen-bond acceptors (Lipinski definition) is 6. The number of rotatable bonds is 8. The minimum atomic E-state index is -3.69. The fraction of sp³-hybridized carbons (Fsp3) is 0.100. The van der Waals surface area contributed by atoms with Crippen LogP contribution in [0.2, 0.25) is 0 Å². The van der Waals surface area contributed by atoms with Crippen molar-refractivity contribution in [3.63, 3.8) is 0 Å². The largest absolute Gasteiger partial charge is 0.508 e. The van der Waals surface area contributed by atoms with Crippen LogP contribution in [0.5, 0.6) is 11.5 Å². The van der Waals surface area contributed by atoms with E-state index < -0.39 is 15.9 Å². The van der Waals surface area contributed by atoms with Crippen LogP contribution in [0.1, 0.15) is 17.5 Å². The normalized spacial score (nSPS) is 11.7. The first-order chi connectivity index (χ1) is 12.7. The van der Waals surface area contributed by atoms with Crippen molar-refractivity contribution in [3.8, 4) is 11.5 Å². The summed E-state index contributed by atoms with van der Waals surface area (Å²) in [6.07, 6.45) is 6.06. The van der Waals surface area contributed by atoms with E-state index in [4.69, 9.17) is 4.18 Å². The van der Waals surface area contributed by atoms with Gasteiger partial charge in [-0.3, -0.25) is 9.59 Å². The van der Waals surface area contributed by atoms with Crippen molar-refractivity contribution < 1.29 is 27.3 Å². The van der Waals surface area contributed by atoms with Gasteiger partial charge in [0.2, 0.25) is 0 Å². The smallest absolute Gasteiger partial charge is 0.306 e. The minimum Gasteiger partial charge on any atom is -0.508 e. The molecule has 0 aliphatic rings. The highest BCUT2D eigenvalue weighted by atomic mass is 32.2. The summed E-state index contributed by atoms with van der Waals surface area (Å²) in [5.41, 5.74) is 1.12. The molecule has 140 valence electrons. The third kappa shape index (κ3) is 7.29. The van der Waals surface area contributed by atoms with Gasteiger partial charge < -0.3 is 9.29 Å². The lowest BCUT2D eigenvalue weighted by Crippen LogP contribution is -2.06. The van der Waals surface area contributed by atoms with E-state index in [0.29, 0.717) is 5.56 Å². The predicted molar refractivity (Wildman–Crippen MR) is 103 cm³/mol. The van der Waals surface area contributed by atoms with Gasteiger partial charge in [0.25, 0.3) is 0 Å². The first-order valence-corrected chi connectivity index (χ1v) is 9.74. The number of carbonyl (C=O) groups is 2. The fourth-order valence-corrected chi connectivity index (χ4v) is 2.58. The number of benzene rings is 2. The molecule has 0 amide bonds. The molecule has 0 saturated carbocycles. The third-order valence-corrected chi connectivity index (χ3v) is 3.79. The number of ketones is 2. The molecule has 0 bridgehead atoms. The van der Waals surface area contributed by atoms with E-state index in [1.165, 1.54) is 36.4 Å². The number of hydrogen-bond donors (Lipinski definition) is 1. The van der Waals surface area contributed by atoms with E-state index in [-0.39, 0.29) is 23.7 Å². The Morgan fingerprint density at radius 2 is 1.56 bits per heavy atom. The van der Waals surface area contributed by atoms with Gasteiger partial charge in [0, 0.05) is 5.56 Å². The number of allylic oxidation sites excluding steroid dienone is 2. The lowest BCUT2D eigenvalue weighted by molar-refractivity contribution is -0.121. The van der Waals surface area contributed by atoms with E-state index in [2.05, 4.69) is 0 Å². The molecule has 0 radical (unpaired) electrons. The molecule has 0 aromatic heterocycles. The van der Waals surface area contributed by atoms with Crippen molar-refractivity contribution in [2.45, 2.75) is 6.42 Å². The van der Waals surface area contributed by atoms with Crippen LogP contribution in [0.4, 0.5) is 0 Å². The fourth-order valence-electron chi connectivity index (χ4n) is 2.10. The zero-order chi connectivity index (χ0) is 19.9. The van der Waals surface area contributed by atoms with Crippen LogP contribution < -0.4 is 4.18 Å². The minimum absolute atomic E-state index is 0.0996. The van der Waals surface area contributed by atoms with Gasteiger partial charge in [0.15, 0.2) is 11.6 Å². The maximum atomic E-state index is 11.9.